The summed E-state index contributed by atoms with van der Waals surface area (Å²) in [6, 6.07) is 9.18. The largest absolute Gasteiger partial charge is 0.334 e. The van der Waals surface area contributed by atoms with E-state index in [0.717, 1.165) is 24.4 Å². The molecule has 1 aliphatic rings. The van der Waals surface area contributed by atoms with E-state index in [-0.39, 0.29) is 17.7 Å². The highest BCUT2D eigenvalue weighted by Gasteiger charge is 2.32. The number of rotatable bonds is 4. The van der Waals surface area contributed by atoms with Crippen molar-refractivity contribution in [3.8, 4) is 0 Å². The van der Waals surface area contributed by atoms with Crippen molar-refractivity contribution >= 4 is 23.2 Å². The molecule has 0 N–H and O–H groups in total. The molecule has 2 aromatic rings. The number of carbonyl (C=O) groups excluding carboxylic acids is 2. The quantitative estimate of drug-likeness (QED) is 0.814. The lowest BCUT2D eigenvalue weighted by Crippen LogP contribution is -2.37. The second-order valence-electron chi connectivity index (χ2n) is 5.08. The molecule has 0 saturated carbocycles. The van der Waals surface area contributed by atoms with Gasteiger partial charge in [0.1, 0.15) is 0 Å². The lowest BCUT2D eigenvalue weighted by Gasteiger charge is -2.23. The van der Waals surface area contributed by atoms with Crippen LogP contribution in [0.5, 0.6) is 0 Å². The third-order valence-electron chi connectivity index (χ3n) is 3.73. The average molecular weight is 301 g/mol. The summed E-state index contributed by atoms with van der Waals surface area (Å²) in [4.78, 5) is 26.4. The summed E-state index contributed by atoms with van der Waals surface area (Å²) in [7, 11) is 0. The Kier molecular flexibility index (Phi) is 4.06. The third kappa shape index (κ3) is 3.00. The number of carbonyl (C=O) groups is 2. The van der Waals surface area contributed by atoms with Crippen LogP contribution in [0, 0.1) is 0 Å². The molecule has 0 bridgehead atoms. The molecule has 1 aromatic carbocycles. The summed E-state index contributed by atoms with van der Waals surface area (Å²) in [5.74, 6) is -0.0381. The molecule has 1 amide bonds. The van der Waals surface area contributed by atoms with E-state index in [2.05, 4.69) is 9.59 Å². The summed E-state index contributed by atoms with van der Waals surface area (Å²) in [6.07, 6.45) is 2.16. The fourth-order valence-electron chi connectivity index (χ4n) is 2.68. The number of benzene rings is 1. The Hall–Kier alpha value is -2.08. The number of likely N-dealkylation sites (tertiary alicyclic amines) is 1. The average Bonchev–Trinajstić information content (AvgIpc) is 3.19. The Balaban J connectivity index is 1.70. The molecule has 1 aromatic heterocycles. The maximum absolute atomic E-state index is 12.4. The van der Waals surface area contributed by atoms with Crippen molar-refractivity contribution in [3.63, 3.8) is 0 Å². The molecular weight excluding hydrogens is 286 g/mol. The van der Waals surface area contributed by atoms with Crippen molar-refractivity contribution < 1.29 is 9.59 Å². The molecule has 1 fully saturated rings. The van der Waals surface area contributed by atoms with E-state index in [1.165, 1.54) is 0 Å². The van der Waals surface area contributed by atoms with Gasteiger partial charge in [0.2, 0.25) is 0 Å². The standard InChI is InChI=1S/C15H15N3O2S/c19-14(11-5-2-1-3-6-11)9-12-7-4-8-18(12)15(20)13-10-21-17-16-13/h1-3,5-6,10,12H,4,7-9H2/t12-/m0/s1. The summed E-state index contributed by atoms with van der Waals surface area (Å²) >= 11 is 1.16. The fraction of sp³-hybridized carbons (Fsp3) is 0.333. The van der Waals surface area contributed by atoms with Crippen molar-refractivity contribution in [3.05, 3.63) is 47.0 Å². The van der Waals surface area contributed by atoms with Crippen LogP contribution in [0.4, 0.5) is 0 Å². The van der Waals surface area contributed by atoms with Crippen LogP contribution in [0.25, 0.3) is 0 Å². The number of aromatic nitrogens is 2. The minimum Gasteiger partial charge on any atom is -0.334 e. The highest BCUT2D eigenvalue weighted by atomic mass is 32.1. The Morgan fingerprint density at radius 2 is 2.10 bits per heavy atom. The Labute approximate surface area is 126 Å². The van der Waals surface area contributed by atoms with Crippen LogP contribution in [0.15, 0.2) is 35.7 Å². The van der Waals surface area contributed by atoms with E-state index in [9.17, 15) is 9.59 Å². The van der Waals surface area contributed by atoms with Gasteiger partial charge in [0, 0.05) is 30.0 Å². The lowest BCUT2D eigenvalue weighted by atomic mass is 10.0. The van der Waals surface area contributed by atoms with Crippen LogP contribution >= 0.6 is 11.5 Å². The van der Waals surface area contributed by atoms with E-state index >= 15 is 0 Å². The van der Waals surface area contributed by atoms with Crippen molar-refractivity contribution in [2.24, 2.45) is 0 Å². The molecule has 5 nitrogen and oxygen atoms in total. The second kappa shape index (κ2) is 6.13. The van der Waals surface area contributed by atoms with Crippen LogP contribution in [0.3, 0.4) is 0 Å². The molecule has 1 atom stereocenters. The Morgan fingerprint density at radius 1 is 1.29 bits per heavy atom. The first-order chi connectivity index (χ1) is 10.3. The van der Waals surface area contributed by atoms with Crippen molar-refractivity contribution in [2.75, 3.05) is 6.54 Å². The third-order valence-corrected chi connectivity index (χ3v) is 4.24. The molecule has 108 valence electrons. The van der Waals surface area contributed by atoms with Crippen LogP contribution in [-0.2, 0) is 0 Å². The first kappa shape index (κ1) is 13.9. The van der Waals surface area contributed by atoms with E-state index in [1.807, 2.05) is 30.3 Å². The topological polar surface area (TPSA) is 63.2 Å². The fourth-order valence-corrected chi connectivity index (χ4v) is 3.11. The van der Waals surface area contributed by atoms with E-state index in [1.54, 1.807) is 10.3 Å². The molecule has 0 aliphatic carbocycles. The zero-order valence-electron chi connectivity index (χ0n) is 11.4. The Morgan fingerprint density at radius 3 is 2.81 bits per heavy atom. The highest BCUT2D eigenvalue weighted by Crippen LogP contribution is 2.23. The van der Waals surface area contributed by atoms with Gasteiger partial charge in [-0.25, -0.2) is 0 Å². The number of hydrogen-bond acceptors (Lipinski definition) is 5. The van der Waals surface area contributed by atoms with Gasteiger partial charge in [0.05, 0.1) is 0 Å². The molecule has 0 radical (unpaired) electrons. The summed E-state index contributed by atoms with van der Waals surface area (Å²) in [6.45, 7) is 0.684. The van der Waals surface area contributed by atoms with E-state index < -0.39 is 0 Å². The summed E-state index contributed by atoms with van der Waals surface area (Å²) in [5, 5.41) is 5.47. The van der Waals surface area contributed by atoms with Gasteiger partial charge >= 0.3 is 0 Å². The first-order valence-corrected chi connectivity index (χ1v) is 7.75. The molecule has 21 heavy (non-hydrogen) atoms. The zero-order valence-corrected chi connectivity index (χ0v) is 12.3. The number of Topliss-reactive ketones (excluding diaryl/α,β-unsaturated/α-hetero) is 1. The predicted octanol–water partition coefficient (Wildman–Crippen LogP) is 2.42. The molecule has 3 rings (SSSR count). The number of hydrogen-bond donors (Lipinski definition) is 0. The van der Waals surface area contributed by atoms with Crippen LogP contribution < -0.4 is 0 Å². The van der Waals surface area contributed by atoms with Crippen LogP contribution in [-0.4, -0.2) is 38.8 Å². The molecule has 0 spiro atoms. The summed E-state index contributed by atoms with van der Waals surface area (Å²) < 4.78 is 3.73. The van der Waals surface area contributed by atoms with Crippen molar-refractivity contribution in [1.29, 1.82) is 0 Å². The van der Waals surface area contributed by atoms with Crippen molar-refractivity contribution in [1.82, 2.24) is 14.5 Å². The molecule has 0 unspecified atom stereocenters. The van der Waals surface area contributed by atoms with E-state index in [4.69, 9.17) is 0 Å². The van der Waals surface area contributed by atoms with Gasteiger partial charge < -0.3 is 4.90 Å². The normalized spacial score (nSPS) is 17.9. The summed E-state index contributed by atoms with van der Waals surface area (Å²) in [5.41, 5.74) is 1.08. The molecular formula is C15H15N3O2S. The molecule has 2 heterocycles. The second-order valence-corrected chi connectivity index (χ2v) is 5.69. The minimum atomic E-state index is -0.118. The van der Waals surface area contributed by atoms with Gasteiger partial charge in [-0.3, -0.25) is 9.59 Å². The van der Waals surface area contributed by atoms with Gasteiger partial charge in [0.25, 0.3) is 5.91 Å². The maximum atomic E-state index is 12.4. The van der Waals surface area contributed by atoms with Crippen LogP contribution in [0.1, 0.15) is 40.1 Å². The van der Waals surface area contributed by atoms with E-state index in [0.29, 0.717) is 24.2 Å². The van der Waals surface area contributed by atoms with Gasteiger partial charge in [-0.15, -0.1) is 5.10 Å². The predicted molar refractivity (Wildman–Crippen MR) is 79.4 cm³/mol. The monoisotopic (exact) mass is 301 g/mol. The highest BCUT2D eigenvalue weighted by molar-refractivity contribution is 7.03. The zero-order chi connectivity index (χ0) is 14.7. The van der Waals surface area contributed by atoms with Gasteiger partial charge in [-0.05, 0) is 24.4 Å². The Bertz CT molecular complexity index is 628. The van der Waals surface area contributed by atoms with Crippen molar-refractivity contribution in [2.45, 2.75) is 25.3 Å². The van der Waals surface area contributed by atoms with Crippen LogP contribution in [0.2, 0.25) is 0 Å². The number of amides is 1. The number of ketones is 1. The minimum absolute atomic E-state index is 0.0353. The van der Waals surface area contributed by atoms with Gasteiger partial charge in [-0.1, -0.05) is 34.8 Å². The first-order valence-electron chi connectivity index (χ1n) is 6.92. The molecule has 1 saturated heterocycles. The molecule has 1 aliphatic heterocycles. The maximum Gasteiger partial charge on any atom is 0.275 e. The number of nitrogens with zero attached hydrogens (tertiary/aromatic N) is 3. The van der Waals surface area contributed by atoms with Gasteiger partial charge in [-0.2, -0.15) is 0 Å². The SMILES string of the molecule is O=C(C[C@@H]1CCCN1C(=O)c1csnn1)c1ccccc1. The lowest BCUT2D eigenvalue weighted by molar-refractivity contribution is 0.0711. The van der Waals surface area contributed by atoms with Gasteiger partial charge in [0.15, 0.2) is 11.5 Å². The smallest absolute Gasteiger partial charge is 0.275 e. The molecule has 6 heteroatoms.